The van der Waals surface area contributed by atoms with Crippen LogP contribution in [0, 0.1) is 6.92 Å². The molecule has 0 unspecified atom stereocenters. The van der Waals surface area contributed by atoms with E-state index in [1.807, 2.05) is 30.3 Å². The molecule has 31 heavy (non-hydrogen) atoms. The van der Waals surface area contributed by atoms with Gasteiger partial charge in [0.15, 0.2) is 0 Å². The Labute approximate surface area is 182 Å². The minimum atomic E-state index is -3.37. The zero-order valence-corrected chi connectivity index (χ0v) is 18.8. The standard InChI is InChI=1S/C24H25N3O3S/c1-5-27-22-9-7-6-8-19(22)20-15-18(11-13-23(20)27)25-24(28)17-10-12-21(16(2)14-17)26(3)31(4,29)30/h6-15H,5H2,1-4H3,(H,25,28). The highest BCUT2D eigenvalue weighted by Gasteiger charge is 2.16. The number of nitrogens with zero attached hydrogens (tertiary/aromatic N) is 2. The molecule has 4 aromatic rings. The van der Waals surface area contributed by atoms with E-state index in [4.69, 9.17) is 0 Å². The number of benzene rings is 3. The number of aromatic nitrogens is 1. The maximum Gasteiger partial charge on any atom is 0.255 e. The maximum absolute atomic E-state index is 12.9. The zero-order chi connectivity index (χ0) is 22.3. The second kappa shape index (κ2) is 7.74. The molecule has 0 aliphatic rings. The van der Waals surface area contributed by atoms with Crippen LogP contribution in [-0.4, -0.2) is 32.2 Å². The number of amides is 1. The second-order valence-corrected chi connectivity index (χ2v) is 9.69. The van der Waals surface area contributed by atoms with Crippen LogP contribution in [0.25, 0.3) is 21.8 Å². The Morgan fingerprint density at radius 1 is 1.00 bits per heavy atom. The number of carbonyl (C=O) groups excluding carboxylic acids is 1. The molecule has 0 aliphatic heterocycles. The molecule has 1 N–H and O–H groups in total. The van der Waals surface area contributed by atoms with Crippen molar-refractivity contribution in [2.75, 3.05) is 22.9 Å². The van der Waals surface area contributed by atoms with Crippen LogP contribution >= 0.6 is 0 Å². The van der Waals surface area contributed by atoms with Crippen molar-refractivity contribution in [1.82, 2.24) is 4.57 Å². The molecule has 0 fully saturated rings. The van der Waals surface area contributed by atoms with Gasteiger partial charge >= 0.3 is 0 Å². The summed E-state index contributed by atoms with van der Waals surface area (Å²) >= 11 is 0. The molecule has 1 amide bonds. The predicted octanol–water partition coefficient (Wildman–Crippen LogP) is 4.77. The molecule has 0 atom stereocenters. The Balaban J connectivity index is 1.66. The fraction of sp³-hybridized carbons (Fsp3) is 0.208. The van der Waals surface area contributed by atoms with Gasteiger partial charge in [-0.15, -0.1) is 0 Å². The largest absolute Gasteiger partial charge is 0.341 e. The fourth-order valence-electron chi connectivity index (χ4n) is 4.00. The summed E-state index contributed by atoms with van der Waals surface area (Å²) in [6.45, 7) is 4.78. The van der Waals surface area contributed by atoms with Gasteiger partial charge < -0.3 is 9.88 Å². The highest BCUT2D eigenvalue weighted by Crippen LogP contribution is 2.31. The molecule has 160 valence electrons. The molecule has 0 spiro atoms. The third kappa shape index (κ3) is 3.77. The van der Waals surface area contributed by atoms with Crippen LogP contribution in [0.3, 0.4) is 0 Å². The van der Waals surface area contributed by atoms with E-state index in [0.29, 0.717) is 22.5 Å². The maximum atomic E-state index is 12.9. The van der Waals surface area contributed by atoms with Crippen LogP contribution in [0.1, 0.15) is 22.8 Å². The third-order valence-corrected chi connectivity index (χ3v) is 6.83. The molecule has 4 rings (SSSR count). The SMILES string of the molecule is CCn1c2ccccc2c2cc(NC(=O)c3ccc(N(C)S(C)(=O)=O)c(C)c3)ccc21. The Morgan fingerprint density at radius 3 is 2.39 bits per heavy atom. The fourth-order valence-corrected chi connectivity index (χ4v) is 4.57. The topological polar surface area (TPSA) is 71.4 Å². The lowest BCUT2D eigenvalue weighted by Crippen LogP contribution is -2.25. The number of rotatable bonds is 5. The summed E-state index contributed by atoms with van der Waals surface area (Å²) in [6, 6.07) is 19.2. The Morgan fingerprint density at radius 2 is 1.71 bits per heavy atom. The van der Waals surface area contributed by atoms with Gasteiger partial charge in [-0.05, 0) is 61.9 Å². The molecule has 0 saturated carbocycles. The van der Waals surface area contributed by atoms with E-state index < -0.39 is 10.0 Å². The normalized spacial score (nSPS) is 11.7. The van der Waals surface area contributed by atoms with Crippen LogP contribution in [0.15, 0.2) is 60.7 Å². The monoisotopic (exact) mass is 435 g/mol. The Bertz CT molecular complexity index is 1420. The molecule has 0 aliphatic carbocycles. The molecule has 0 radical (unpaired) electrons. The van der Waals surface area contributed by atoms with Gasteiger partial charge in [0, 0.05) is 46.6 Å². The van der Waals surface area contributed by atoms with Gasteiger partial charge in [-0.1, -0.05) is 18.2 Å². The summed E-state index contributed by atoms with van der Waals surface area (Å²) in [5.74, 6) is -0.241. The van der Waals surface area contributed by atoms with Crippen molar-refractivity contribution in [3.05, 3.63) is 71.8 Å². The van der Waals surface area contributed by atoms with E-state index in [1.54, 1.807) is 25.1 Å². The molecule has 6 nitrogen and oxygen atoms in total. The molecule has 3 aromatic carbocycles. The molecule has 0 saturated heterocycles. The minimum Gasteiger partial charge on any atom is -0.341 e. The van der Waals surface area contributed by atoms with Gasteiger partial charge in [0.2, 0.25) is 10.0 Å². The van der Waals surface area contributed by atoms with E-state index >= 15 is 0 Å². The summed E-state index contributed by atoms with van der Waals surface area (Å²) in [7, 11) is -1.87. The molecular weight excluding hydrogens is 410 g/mol. The molecule has 0 bridgehead atoms. The van der Waals surface area contributed by atoms with Crippen LogP contribution < -0.4 is 9.62 Å². The summed E-state index contributed by atoms with van der Waals surface area (Å²) in [6.07, 6.45) is 1.15. The van der Waals surface area contributed by atoms with Crippen molar-refractivity contribution < 1.29 is 13.2 Å². The number of carbonyl (C=O) groups is 1. The van der Waals surface area contributed by atoms with Gasteiger partial charge in [-0.25, -0.2) is 8.42 Å². The lowest BCUT2D eigenvalue weighted by molar-refractivity contribution is 0.102. The van der Waals surface area contributed by atoms with Gasteiger partial charge in [-0.3, -0.25) is 9.10 Å². The number of fused-ring (bicyclic) bond motifs is 3. The smallest absolute Gasteiger partial charge is 0.255 e. The molecular formula is C24H25N3O3S. The average Bonchev–Trinajstić information content (AvgIpc) is 3.05. The van der Waals surface area contributed by atoms with Gasteiger partial charge in [0.25, 0.3) is 5.91 Å². The van der Waals surface area contributed by atoms with Crippen molar-refractivity contribution in [2.24, 2.45) is 0 Å². The van der Waals surface area contributed by atoms with Crippen LogP contribution in [0.4, 0.5) is 11.4 Å². The first-order valence-corrected chi connectivity index (χ1v) is 11.9. The number of nitrogens with one attached hydrogen (secondary N) is 1. The number of hydrogen-bond donors (Lipinski definition) is 1. The van der Waals surface area contributed by atoms with Gasteiger partial charge in [0.1, 0.15) is 0 Å². The van der Waals surface area contributed by atoms with Crippen LogP contribution in [0.5, 0.6) is 0 Å². The Kier molecular flexibility index (Phi) is 5.23. The highest BCUT2D eigenvalue weighted by molar-refractivity contribution is 7.92. The predicted molar refractivity (Wildman–Crippen MR) is 127 cm³/mol. The summed E-state index contributed by atoms with van der Waals surface area (Å²) in [5.41, 5.74) is 4.75. The quantitative estimate of drug-likeness (QED) is 0.491. The lowest BCUT2D eigenvalue weighted by atomic mass is 10.1. The number of sulfonamides is 1. The number of para-hydroxylation sites is 1. The summed E-state index contributed by atoms with van der Waals surface area (Å²) < 4.78 is 27.1. The van der Waals surface area contributed by atoms with Crippen molar-refractivity contribution in [2.45, 2.75) is 20.4 Å². The van der Waals surface area contributed by atoms with Gasteiger partial charge in [0.05, 0.1) is 11.9 Å². The summed E-state index contributed by atoms with van der Waals surface area (Å²) in [4.78, 5) is 12.9. The number of aryl methyl sites for hydroxylation is 2. The van der Waals surface area contributed by atoms with E-state index in [1.165, 1.54) is 16.9 Å². The first-order valence-electron chi connectivity index (χ1n) is 10.1. The van der Waals surface area contributed by atoms with E-state index in [-0.39, 0.29) is 5.91 Å². The van der Waals surface area contributed by atoms with Crippen LogP contribution in [-0.2, 0) is 16.6 Å². The van der Waals surface area contributed by atoms with Crippen molar-refractivity contribution >= 4 is 49.1 Å². The highest BCUT2D eigenvalue weighted by atomic mass is 32.2. The molecule has 7 heteroatoms. The molecule has 1 heterocycles. The third-order valence-electron chi connectivity index (χ3n) is 5.64. The van der Waals surface area contributed by atoms with Crippen molar-refractivity contribution in [1.29, 1.82) is 0 Å². The van der Waals surface area contributed by atoms with Crippen molar-refractivity contribution in [3.63, 3.8) is 0 Å². The average molecular weight is 436 g/mol. The van der Waals surface area contributed by atoms with E-state index in [2.05, 4.69) is 28.9 Å². The lowest BCUT2D eigenvalue weighted by Gasteiger charge is -2.19. The second-order valence-electron chi connectivity index (χ2n) is 7.68. The first kappa shape index (κ1) is 20.9. The van der Waals surface area contributed by atoms with E-state index in [9.17, 15) is 13.2 Å². The van der Waals surface area contributed by atoms with Crippen molar-refractivity contribution in [3.8, 4) is 0 Å². The van der Waals surface area contributed by atoms with Gasteiger partial charge in [-0.2, -0.15) is 0 Å². The Hall–Kier alpha value is -3.32. The van der Waals surface area contributed by atoms with E-state index in [0.717, 1.165) is 29.1 Å². The number of hydrogen-bond acceptors (Lipinski definition) is 3. The minimum absolute atomic E-state index is 0.241. The summed E-state index contributed by atoms with van der Waals surface area (Å²) in [5, 5.41) is 5.21. The van der Waals surface area contributed by atoms with Crippen LogP contribution in [0.2, 0.25) is 0 Å². The number of anilines is 2. The first-order chi connectivity index (χ1) is 14.7. The zero-order valence-electron chi connectivity index (χ0n) is 18.0. The molecule has 1 aromatic heterocycles.